The number of benzene rings is 1. The number of nitrogens with zero attached hydrogens (tertiary/aromatic N) is 1. The molecule has 1 amide bonds. The van der Waals surface area contributed by atoms with Crippen LogP contribution in [0.15, 0.2) is 34.8 Å². The van der Waals surface area contributed by atoms with Crippen molar-refractivity contribution >= 4 is 23.6 Å². The fourth-order valence-corrected chi connectivity index (χ4v) is 3.56. The van der Waals surface area contributed by atoms with Gasteiger partial charge >= 0.3 is 5.97 Å². The van der Waals surface area contributed by atoms with E-state index in [2.05, 4.69) is 46.0 Å². The first kappa shape index (κ1) is 25.2. The van der Waals surface area contributed by atoms with Crippen LogP contribution in [0.3, 0.4) is 0 Å². The Kier molecular flexibility index (Phi) is 9.12. The number of furan rings is 1. The molecule has 1 unspecified atom stereocenters. The Morgan fingerprint density at radius 3 is 2.38 bits per heavy atom. The summed E-state index contributed by atoms with van der Waals surface area (Å²) in [6, 6.07) is 7.31. The van der Waals surface area contributed by atoms with Gasteiger partial charge in [0.15, 0.2) is 0 Å². The Bertz CT molecular complexity index is 941. The summed E-state index contributed by atoms with van der Waals surface area (Å²) in [7, 11) is 1.61. The molecule has 1 atom stereocenters. The number of hydrogen-bond acceptors (Lipinski definition) is 4. The summed E-state index contributed by atoms with van der Waals surface area (Å²) in [4.78, 5) is 24.7. The van der Waals surface area contributed by atoms with Crippen molar-refractivity contribution in [2.45, 2.75) is 59.9 Å². The number of rotatable bonds is 11. The van der Waals surface area contributed by atoms with Crippen LogP contribution in [0, 0.1) is 19.8 Å². The van der Waals surface area contributed by atoms with E-state index in [1.165, 1.54) is 4.90 Å². The minimum atomic E-state index is -0.919. The van der Waals surface area contributed by atoms with Gasteiger partial charge in [0.2, 0.25) is 0 Å². The zero-order chi connectivity index (χ0) is 23.8. The highest BCUT2D eigenvalue weighted by atomic mass is 16.4. The van der Waals surface area contributed by atoms with Crippen molar-refractivity contribution in [1.29, 1.82) is 0 Å². The topological polar surface area (TPSA) is 82.8 Å². The number of anilines is 1. The smallest absolute Gasteiger partial charge is 0.305 e. The van der Waals surface area contributed by atoms with Gasteiger partial charge in [0, 0.05) is 24.8 Å². The Morgan fingerprint density at radius 1 is 1.16 bits per heavy atom. The third-order valence-electron chi connectivity index (χ3n) is 5.53. The maximum absolute atomic E-state index is 12.5. The first-order valence-corrected chi connectivity index (χ1v) is 11.2. The number of allylic oxidation sites excluding steroid dienone is 1. The summed E-state index contributed by atoms with van der Waals surface area (Å²) in [6.07, 6.45) is 5.93. The van der Waals surface area contributed by atoms with Crippen molar-refractivity contribution in [1.82, 2.24) is 4.90 Å². The lowest BCUT2D eigenvalue weighted by Crippen LogP contribution is -2.29. The van der Waals surface area contributed by atoms with Gasteiger partial charge in [-0.1, -0.05) is 26.8 Å². The third-order valence-corrected chi connectivity index (χ3v) is 5.53. The molecule has 1 aromatic carbocycles. The number of nitrogens with one attached hydrogen (secondary N) is 1. The predicted octanol–water partition coefficient (Wildman–Crippen LogP) is 6.07. The van der Waals surface area contributed by atoms with E-state index in [1.54, 1.807) is 19.2 Å². The van der Waals surface area contributed by atoms with E-state index < -0.39 is 5.97 Å². The number of carbonyl (C=O) groups excluding carboxylic acids is 1. The minimum Gasteiger partial charge on any atom is -0.481 e. The molecular formula is C26H36N2O4. The van der Waals surface area contributed by atoms with E-state index in [1.807, 2.05) is 18.2 Å². The van der Waals surface area contributed by atoms with Crippen molar-refractivity contribution in [2.75, 3.05) is 18.9 Å². The molecule has 2 rings (SSSR count). The molecule has 174 valence electrons. The molecule has 0 aliphatic heterocycles. The van der Waals surface area contributed by atoms with Gasteiger partial charge in [-0.25, -0.2) is 0 Å². The van der Waals surface area contributed by atoms with Crippen LogP contribution in [-0.4, -0.2) is 35.5 Å². The minimum absolute atomic E-state index is 0.0114. The average molecular weight is 441 g/mol. The average Bonchev–Trinajstić information content (AvgIpc) is 3.03. The summed E-state index contributed by atoms with van der Waals surface area (Å²) < 4.78 is 6.26. The molecular weight excluding hydrogens is 404 g/mol. The highest BCUT2D eigenvalue weighted by Gasteiger charge is 2.22. The molecule has 0 aliphatic rings. The lowest BCUT2D eigenvalue weighted by molar-refractivity contribution is -0.137. The number of carbonyl (C=O) groups is 2. The van der Waals surface area contributed by atoms with Gasteiger partial charge in [0.1, 0.15) is 11.5 Å². The van der Waals surface area contributed by atoms with Gasteiger partial charge in [0.05, 0.1) is 12.5 Å². The van der Waals surface area contributed by atoms with Crippen molar-refractivity contribution in [3.8, 4) is 0 Å². The van der Waals surface area contributed by atoms with Crippen molar-refractivity contribution in [3.05, 3.63) is 58.6 Å². The fraction of sp³-hybridized carbons (Fsp3) is 0.462. The summed E-state index contributed by atoms with van der Waals surface area (Å²) >= 11 is 0. The van der Waals surface area contributed by atoms with Crippen molar-refractivity contribution in [3.63, 3.8) is 0 Å². The lowest BCUT2D eigenvalue weighted by Gasteiger charge is -2.21. The SMILES string of the molecule is CC/C=C\c1oc(C(CC(C)C)Nc2ccc(C(=O)N(C)CCC(=O)O)cc2)c(C)c1C. The van der Waals surface area contributed by atoms with E-state index in [0.717, 1.165) is 41.2 Å². The van der Waals surface area contributed by atoms with Crippen LogP contribution in [0.4, 0.5) is 5.69 Å². The van der Waals surface area contributed by atoms with Crippen LogP contribution in [0.25, 0.3) is 6.08 Å². The molecule has 0 fully saturated rings. The maximum Gasteiger partial charge on any atom is 0.305 e. The molecule has 0 aliphatic carbocycles. The first-order chi connectivity index (χ1) is 15.1. The van der Waals surface area contributed by atoms with Gasteiger partial charge in [0.25, 0.3) is 5.91 Å². The van der Waals surface area contributed by atoms with E-state index in [9.17, 15) is 9.59 Å². The van der Waals surface area contributed by atoms with Gasteiger partial charge in [-0.2, -0.15) is 0 Å². The van der Waals surface area contributed by atoms with Gasteiger partial charge in [-0.05, 0) is 74.1 Å². The van der Waals surface area contributed by atoms with Crippen LogP contribution in [0.1, 0.15) is 79.1 Å². The number of carboxylic acids is 1. The molecule has 2 N–H and O–H groups in total. The van der Waals surface area contributed by atoms with Crippen LogP contribution >= 0.6 is 0 Å². The molecule has 0 saturated carbocycles. The highest BCUT2D eigenvalue weighted by Crippen LogP contribution is 2.33. The normalized spacial score (nSPS) is 12.3. The predicted molar refractivity (Wildman–Crippen MR) is 129 cm³/mol. The molecule has 6 nitrogen and oxygen atoms in total. The van der Waals surface area contributed by atoms with E-state index in [-0.39, 0.29) is 24.9 Å². The number of carboxylic acid groups (broad SMARTS) is 1. The molecule has 2 aromatic rings. The van der Waals surface area contributed by atoms with Crippen molar-refractivity contribution < 1.29 is 19.1 Å². The van der Waals surface area contributed by atoms with Crippen LogP contribution in [-0.2, 0) is 4.79 Å². The lowest BCUT2D eigenvalue weighted by atomic mass is 9.98. The molecule has 0 saturated heterocycles. The quantitative estimate of drug-likeness (QED) is 0.443. The summed E-state index contributed by atoms with van der Waals surface area (Å²) in [5.41, 5.74) is 3.75. The van der Waals surface area contributed by atoms with E-state index in [4.69, 9.17) is 9.52 Å². The first-order valence-electron chi connectivity index (χ1n) is 11.2. The Labute approximate surface area is 191 Å². The van der Waals surface area contributed by atoms with E-state index >= 15 is 0 Å². The third kappa shape index (κ3) is 6.74. The summed E-state index contributed by atoms with van der Waals surface area (Å²) in [5, 5.41) is 12.4. The van der Waals surface area contributed by atoms with E-state index in [0.29, 0.717) is 11.5 Å². The number of hydrogen-bond donors (Lipinski definition) is 2. The number of aliphatic carboxylic acids is 1. The second kappa shape index (κ2) is 11.6. The monoisotopic (exact) mass is 440 g/mol. The van der Waals surface area contributed by atoms with Crippen LogP contribution < -0.4 is 5.32 Å². The zero-order valence-electron chi connectivity index (χ0n) is 20.1. The second-order valence-corrected chi connectivity index (χ2v) is 8.67. The molecule has 0 spiro atoms. The zero-order valence-corrected chi connectivity index (χ0v) is 20.1. The van der Waals surface area contributed by atoms with Gasteiger partial charge in [-0.15, -0.1) is 0 Å². The van der Waals surface area contributed by atoms with Crippen LogP contribution in [0.2, 0.25) is 0 Å². The van der Waals surface area contributed by atoms with Gasteiger partial charge < -0.3 is 19.7 Å². The Balaban J connectivity index is 2.21. The highest BCUT2D eigenvalue weighted by molar-refractivity contribution is 5.94. The summed E-state index contributed by atoms with van der Waals surface area (Å²) in [6.45, 7) is 10.8. The molecule has 0 bridgehead atoms. The molecule has 6 heteroatoms. The second-order valence-electron chi connectivity index (χ2n) is 8.67. The maximum atomic E-state index is 12.5. The largest absolute Gasteiger partial charge is 0.481 e. The van der Waals surface area contributed by atoms with Crippen LogP contribution in [0.5, 0.6) is 0 Å². The Hall–Kier alpha value is -3.02. The Morgan fingerprint density at radius 2 is 1.81 bits per heavy atom. The van der Waals surface area contributed by atoms with Crippen molar-refractivity contribution in [2.24, 2.45) is 5.92 Å². The molecule has 1 heterocycles. The number of amides is 1. The fourth-order valence-electron chi connectivity index (χ4n) is 3.56. The molecule has 32 heavy (non-hydrogen) atoms. The summed E-state index contributed by atoms with van der Waals surface area (Å²) in [5.74, 6) is 1.20. The van der Waals surface area contributed by atoms with Gasteiger partial charge in [-0.3, -0.25) is 9.59 Å². The standard InChI is InChI=1S/C26H36N2O4/c1-7-8-9-23-18(4)19(5)25(32-23)22(16-17(2)3)27-21-12-10-20(11-13-21)26(31)28(6)15-14-24(29)30/h8-13,17,22,27H,7,14-16H2,1-6H3,(H,29,30)/b9-8-. The molecule has 1 aromatic heterocycles. The molecule has 0 radical (unpaired) electrons.